The van der Waals surface area contributed by atoms with E-state index in [9.17, 15) is 24.1 Å². The van der Waals surface area contributed by atoms with Crippen LogP contribution in [-0.4, -0.2) is 58.6 Å². The number of rotatable bonds is 15. The number of hydrogen-bond donors (Lipinski definition) is 2. The summed E-state index contributed by atoms with van der Waals surface area (Å²) in [6.07, 6.45) is 3.30. The molecule has 1 aliphatic rings. The van der Waals surface area contributed by atoms with Crippen LogP contribution < -0.4 is 5.09 Å². The molecule has 1 heterocycles. The molecule has 1 aromatic carbocycles. The lowest BCUT2D eigenvalue weighted by Crippen LogP contribution is -2.48. The van der Waals surface area contributed by atoms with Crippen molar-refractivity contribution in [3.05, 3.63) is 35.9 Å². The summed E-state index contributed by atoms with van der Waals surface area (Å²) in [6, 6.07) is 8.19. The molecule has 5 atom stereocenters. The van der Waals surface area contributed by atoms with Crippen molar-refractivity contribution in [3.63, 3.8) is 0 Å². The zero-order chi connectivity index (χ0) is 26.7. The van der Waals surface area contributed by atoms with Crippen molar-refractivity contribution < 1.29 is 33.5 Å². The van der Waals surface area contributed by atoms with Crippen molar-refractivity contribution in [2.75, 3.05) is 6.54 Å². The topological polar surface area (TPSA) is 122 Å². The smallest absolute Gasteiger partial charge is 0.464 e. The second kappa shape index (κ2) is 15.0. The summed E-state index contributed by atoms with van der Waals surface area (Å²) < 4.78 is 24.7. The second-order valence-electron chi connectivity index (χ2n) is 9.19. The van der Waals surface area contributed by atoms with Gasteiger partial charge in [0.25, 0.3) is 5.85 Å². The Balaban J connectivity index is 2.03. The zero-order valence-corrected chi connectivity index (χ0v) is 22.6. The van der Waals surface area contributed by atoms with Crippen LogP contribution in [0.2, 0.25) is 0 Å². The number of nitrogens with one attached hydrogen (secondary N) is 1. The number of ether oxygens (including phenoxy) is 2. The van der Waals surface area contributed by atoms with Crippen LogP contribution in [0.15, 0.2) is 30.3 Å². The molecule has 0 saturated carbocycles. The number of carboxylic acids is 1. The van der Waals surface area contributed by atoms with Crippen LogP contribution in [0.1, 0.15) is 71.8 Å². The molecule has 0 spiro atoms. The molecule has 1 saturated heterocycles. The van der Waals surface area contributed by atoms with Crippen molar-refractivity contribution >= 4 is 25.8 Å². The van der Waals surface area contributed by atoms with Gasteiger partial charge in [-0.15, -0.1) is 0 Å². The maximum Gasteiger partial charge on any atom is 0.464 e. The van der Waals surface area contributed by atoms with Gasteiger partial charge in [-0.1, -0.05) is 49.3 Å². The third kappa shape index (κ3) is 8.95. The highest BCUT2D eigenvalue weighted by Crippen LogP contribution is 2.32. The molecule has 1 aromatic rings. The van der Waals surface area contributed by atoms with Gasteiger partial charge in [-0.3, -0.25) is 14.3 Å². The third-order valence-corrected chi connectivity index (χ3v) is 8.03. The highest BCUT2D eigenvalue weighted by atomic mass is 31.1. The minimum atomic E-state index is -2.23. The number of aliphatic carboxylic acids is 1. The van der Waals surface area contributed by atoms with Crippen molar-refractivity contribution in [1.82, 2.24) is 9.99 Å². The van der Waals surface area contributed by atoms with E-state index in [1.165, 1.54) is 4.90 Å². The molecule has 10 heteroatoms. The minimum Gasteiger partial charge on any atom is -0.480 e. The number of carbonyl (C=O) groups excluding carboxylic acids is 2. The summed E-state index contributed by atoms with van der Waals surface area (Å²) in [5.74, 6) is -2.81. The van der Waals surface area contributed by atoms with E-state index in [1.807, 2.05) is 44.2 Å². The molecule has 0 aromatic heterocycles. The van der Waals surface area contributed by atoms with Crippen LogP contribution in [0.5, 0.6) is 0 Å². The molecular formula is C26H40N2O7P+. The summed E-state index contributed by atoms with van der Waals surface area (Å²) in [7, 11) is -2.23. The van der Waals surface area contributed by atoms with E-state index in [2.05, 4.69) is 5.09 Å². The summed E-state index contributed by atoms with van der Waals surface area (Å²) in [5, 5.41) is 12.2. The SMILES string of the molecule is CCC(CC)C(=O)OC(C)OC(CCCc1ccccc1)[P+](=O)N[C@@H](C)C(=O)N1CCC[C@H]1C(=O)O. The monoisotopic (exact) mass is 523 g/mol. The summed E-state index contributed by atoms with van der Waals surface area (Å²) in [5.41, 5.74) is 1.14. The van der Waals surface area contributed by atoms with Crippen LogP contribution in [0.4, 0.5) is 0 Å². The standard InChI is InChI=1S/C26H39N2O7P/c1-5-21(6-2)26(32)35-19(4)34-23(16-10-14-20-12-8-7-9-13-20)36(33)27-18(3)24(29)28-17-11-15-22(28)25(30)31/h7-9,12-13,18-19,21-23H,5-6,10-11,14-17H2,1-4H3,(H-,27,30,31,33)/p+1/t18-,19?,22-,23?/m0/s1. The largest absolute Gasteiger partial charge is 0.480 e. The number of carbonyl (C=O) groups is 3. The third-order valence-electron chi connectivity index (χ3n) is 6.48. The van der Waals surface area contributed by atoms with Crippen molar-refractivity contribution in [2.24, 2.45) is 5.92 Å². The lowest BCUT2D eigenvalue weighted by atomic mass is 10.0. The molecule has 0 aliphatic carbocycles. The molecule has 0 radical (unpaired) electrons. The maximum atomic E-state index is 13.3. The molecule has 1 amide bonds. The Kier molecular flexibility index (Phi) is 12.5. The van der Waals surface area contributed by atoms with Crippen molar-refractivity contribution in [1.29, 1.82) is 0 Å². The van der Waals surface area contributed by atoms with Crippen LogP contribution in [0.3, 0.4) is 0 Å². The molecule has 2 N–H and O–H groups in total. The quantitative estimate of drug-likeness (QED) is 0.196. The molecule has 1 aliphatic heterocycles. The Labute approximate surface area is 214 Å². The summed E-state index contributed by atoms with van der Waals surface area (Å²) in [4.78, 5) is 38.1. The van der Waals surface area contributed by atoms with Gasteiger partial charge in [-0.2, -0.15) is 0 Å². The number of benzene rings is 1. The first-order chi connectivity index (χ1) is 17.2. The van der Waals surface area contributed by atoms with Crippen LogP contribution in [0, 0.1) is 5.92 Å². The molecule has 2 rings (SSSR count). The van der Waals surface area contributed by atoms with E-state index < -0.39 is 44.0 Å². The Morgan fingerprint density at radius 1 is 1.17 bits per heavy atom. The first-order valence-corrected chi connectivity index (χ1v) is 14.2. The van der Waals surface area contributed by atoms with Gasteiger partial charge in [0.2, 0.25) is 12.2 Å². The lowest BCUT2D eigenvalue weighted by molar-refractivity contribution is -0.183. The maximum absolute atomic E-state index is 13.3. The van der Waals surface area contributed by atoms with Gasteiger partial charge in [-0.25, -0.2) is 4.79 Å². The highest BCUT2D eigenvalue weighted by Gasteiger charge is 2.41. The first kappa shape index (κ1) is 29.9. The predicted molar refractivity (Wildman–Crippen MR) is 136 cm³/mol. The number of nitrogens with zero attached hydrogens (tertiary/aromatic N) is 1. The molecule has 36 heavy (non-hydrogen) atoms. The highest BCUT2D eigenvalue weighted by molar-refractivity contribution is 7.43. The fourth-order valence-electron chi connectivity index (χ4n) is 4.36. The second-order valence-corrected chi connectivity index (χ2v) is 10.7. The number of carboxylic acid groups (broad SMARTS) is 1. The van der Waals surface area contributed by atoms with Gasteiger partial charge < -0.3 is 14.7 Å². The van der Waals surface area contributed by atoms with Crippen molar-refractivity contribution in [3.8, 4) is 0 Å². The van der Waals surface area contributed by atoms with Crippen LogP contribution >= 0.6 is 7.95 Å². The van der Waals surface area contributed by atoms with Gasteiger partial charge in [0.15, 0.2) is 0 Å². The first-order valence-electron chi connectivity index (χ1n) is 12.8. The molecular weight excluding hydrogens is 483 g/mol. The van der Waals surface area contributed by atoms with Crippen LogP contribution in [-0.2, 0) is 34.8 Å². The van der Waals surface area contributed by atoms with E-state index in [0.29, 0.717) is 45.1 Å². The normalized spacial score (nSPS) is 18.5. The lowest BCUT2D eigenvalue weighted by Gasteiger charge is -2.24. The number of likely N-dealkylation sites (tertiary alicyclic amines) is 1. The Bertz CT molecular complexity index is 878. The summed E-state index contributed by atoms with van der Waals surface area (Å²) >= 11 is 0. The van der Waals surface area contributed by atoms with Gasteiger partial charge >= 0.3 is 19.9 Å². The minimum absolute atomic E-state index is 0.222. The molecule has 0 bridgehead atoms. The summed E-state index contributed by atoms with van der Waals surface area (Å²) in [6.45, 7) is 7.37. The molecule has 1 fully saturated rings. The number of esters is 1. The fraction of sp³-hybridized carbons (Fsp3) is 0.654. The van der Waals surface area contributed by atoms with Crippen molar-refractivity contribution in [2.45, 2.75) is 96.9 Å². The van der Waals surface area contributed by atoms with Gasteiger partial charge in [-0.05, 0) is 62.5 Å². The van der Waals surface area contributed by atoms with Crippen LogP contribution in [0.25, 0.3) is 0 Å². The van der Waals surface area contributed by atoms with Gasteiger partial charge in [0, 0.05) is 13.0 Å². The molecule has 9 nitrogen and oxygen atoms in total. The van der Waals surface area contributed by atoms with E-state index in [0.717, 1.165) is 12.0 Å². The van der Waals surface area contributed by atoms with E-state index in [-0.39, 0.29) is 11.9 Å². The van der Waals surface area contributed by atoms with E-state index in [4.69, 9.17) is 9.47 Å². The number of hydrogen-bond acceptors (Lipinski definition) is 6. The number of amides is 1. The van der Waals surface area contributed by atoms with E-state index >= 15 is 0 Å². The Morgan fingerprint density at radius 3 is 2.44 bits per heavy atom. The van der Waals surface area contributed by atoms with E-state index in [1.54, 1.807) is 13.8 Å². The average molecular weight is 524 g/mol. The predicted octanol–water partition coefficient (Wildman–Crippen LogP) is 4.47. The number of aryl methyl sites for hydroxylation is 1. The Morgan fingerprint density at radius 2 is 1.83 bits per heavy atom. The average Bonchev–Trinajstić information content (AvgIpc) is 3.34. The zero-order valence-electron chi connectivity index (χ0n) is 21.7. The fourth-order valence-corrected chi connectivity index (χ4v) is 5.72. The molecule has 200 valence electrons. The Hall–Kier alpha value is -2.35. The molecule has 3 unspecified atom stereocenters. The van der Waals surface area contributed by atoms with Gasteiger partial charge in [0.05, 0.1) is 5.92 Å². The van der Waals surface area contributed by atoms with Gasteiger partial charge in [0.1, 0.15) is 12.1 Å².